The fraction of sp³-hybridized carbons (Fsp3) is 0.450. The van der Waals surface area contributed by atoms with Crippen LogP contribution in [0.3, 0.4) is 0 Å². The monoisotopic (exact) mass is 353 g/mol. The van der Waals surface area contributed by atoms with Crippen LogP contribution >= 0.6 is 0 Å². The van der Waals surface area contributed by atoms with E-state index >= 15 is 0 Å². The van der Waals surface area contributed by atoms with E-state index < -0.39 is 0 Å². The van der Waals surface area contributed by atoms with Crippen molar-refractivity contribution in [3.8, 4) is 0 Å². The van der Waals surface area contributed by atoms with Crippen LogP contribution in [0.2, 0.25) is 0 Å². The fourth-order valence-corrected chi connectivity index (χ4v) is 2.97. The molecule has 1 amide bonds. The highest BCUT2D eigenvalue weighted by Crippen LogP contribution is 2.12. The molecule has 2 heterocycles. The summed E-state index contributed by atoms with van der Waals surface area (Å²) in [7, 11) is 0. The van der Waals surface area contributed by atoms with Crippen LogP contribution in [0.15, 0.2) is 42.7 Å². The first-order valence-electron chi connectivity index (χ1n) is 9.30. The lowest BCUT2D eigenvalue weighted by Gasteiger charge is -2.34. The van der Waals surface area contributed by atoms with Crippen LogP contribution in [-0.4, -0.2) is 57.9 Å². The van der Waals surface area contributed by atoms with Gasteiger partial charge in [0.15, 0.2) is 0 Å². The molecule has 1 aliphatic rings. The topological polar surface area (TPSA) is 61.4 Å². The van der Waals surface area contributed by atoms with Gasteiger partial charge in [-0.2, -0.15) is 0 Å². The second kappa shape index (κ2) is 8.76. The zero-order valence-corrected chi connectivity index (χ0v) is 15.6. The quantitative estimate of drug-likeness (QED) is 0.865. The Balaban J connectivity index is 1.51. The van der Waals surface area contributed by atoms with Crippen molar-refractivity contribution < 1.29 is 4.79 Å². The van der Waals surface area contributed by atoms with Crippen LogP contribution in [0.5, 0.6) is 0 Å². The first-order valence-corrected chi connectivity index (χ1v) is 9.30. The minimum atomic E-state index is 0.0134. The zero-order chi connectivity index (χ0) is 18.4. The van der Waals surface area contributed by atoms with E-state index in [2.05, 4.69) is 58.3 Å². The van der Waals surface area contributed by atoms with E-state index in [9.17, 15) is 4.79 Å². The van der Waals surface area contributed by atoms with Crippen molar-refractivity contribution >= 4 is 11.9 Å². The summed E-state index contributed by atoms with van der Waals surface area (Å²) in [6.07, 6.45) is 4.24. The Hall–Kier alpha value is -2.47. The molecule has 26 heavy (non-hydrogen) atoms. The van der Waals surface area contributed by atoms with Gasteiger partial charge in [-0.15, -0.1) is 0 Å². The highest BCUT2D eigenvalue weighted by Gasteiger charge is 2.22. The predicted molar refractivity (Wildman–Crippen MR) is 103 cm³/mol. The lowest BCUT2D eigenvalue weighted by molar-refractivity contribution is 0.0627. The Morgan fingerprint density at radius 1 is 1.12 bits per heavy atom. The van der Waals surface area contributed by atoms with Crippen LogP contribution in [0.4, 0.5) is 5.95 Å². The summed E-state index contributed by atoms with van der Waals surface area (Å²) < 4.78 is 0. The number of benzene rings is 1. The maximum Gasteiger partial charge on any atom is 0.257 e. The maximum absolute atomic E-state index is 12.7. The summed E-state index contributed by atoms with van der Waals surface area (Å²) in [5.74, 6) is 0.586. The summed E-state index contributed by atoms with van der Waals surface area (Å²) in [5, 5.41) is 3.21. The number of carbonyl (C=O) groups is 1. The zero-order valence-electron chi connectivity index (χ0n) is 15.6. The fourth-order valence-electron chi connectivity index (χ4n) is 2.97. The van der Waals surface area contributed by atoms with E-state index in [1.807, 2.05) is 11.0 Å². The number of piperazine rings is 1. The molecular formula is C20H27N5O. The Kier molecular flexibility index (Phi) is 6.17. The Bertz CT molecular complexity index is 696. The molecule has 6 heteroatoms. The van der Waals surface area contributed by atoms with Crippen LogP contribution in [0.25, 0.3) is 0 Å². The van der Waals surface area contributed by atoms with Gasteiger partial charge in [0, 0.05) is 51.2 Å². The third-order valence-electron chi connectivity index (χ3n) is 4.80. The summed E-state index contributed by atoms with van der Waals surface area (Å²) in [6, 6.07) is 10.8. The number of carbonyl (C=O) groups excluding carboxylic acids is 1. The third kappa shape index (κ3) is 4.79. The summed E-state index contributed by atoms with van der Waals surface area (Å²) in [6.45, 7) is 8.35. The molecule has 2 aromatic rings. The second-order valence-corrected chi connectivity index (χ2v) is 6.80. The molecule has 3 rings (SSSR count). The summed E-state index contributed by atoms with van der Waals surface area (Å²) >= 11 is 0. The predicted octanol–water partition coefficient (Wildman–Crippen LogP) is 2.65. The molecule has 0 saturated carbocycles. The highest BCUT2D eigenvalue weighted by molar-refractivity contribution is 5.93. The number of aromatic nitrogens is 2. The standard InChI is InChI=1S/C20H27N5O/c1-3-16(2)23-20-21-13-18(14-22-20)19(26)25-11-9-24(10-12-25)15-17-7-5-4-6-8-17/h4-8,13-14,16H,3,9-12,15H2,1-2H3,(H,21,22,23). The van der Waals surface area contributed by atoms with Gasteiger partial charge in [-0.25, -0.2) is 9.97 Å². The van der Waals surface area contributed by atoms with Gasteiger partial charge in [0.05, 0.1) is 5.56 Å². The number of hydrogen-bond acceptors (Lipinski definition) is 5. The van der Waals surface area contributed by atoms with Crippen LogP contribution in [0, 0.1) is 0 Å². The van der Waals surface area contributed by atoms with Crippen molar-refractivity contribution in [3.63, 3.8) is 0 Å². The number of hydrogen-bond donors (Lipinski definition) is 1. The van der Waals surface area contributed by atoms with Crippen molar-refractivity contribution in [1.82, 2.24) is 19.8 Å². The minimum Gasteiger partial charge on any atom is -0.352 e. The van der Waals surface area contributed by atoms with Gasteiger partial charge in [-0.05, 0) is 18.9 Å². The van der Waals surface area contributed by atoms with Crippen molar-refractivity contribution in [3.05, 3.63) is 53.9 Å². The lowest BCUT2D eigenvalue weighted by atomic mass is 10.2. The Morgan fingerprint density at radius 2 is 1.77 bits per heavy atom. The SMILES string of the molecule is CCC(C)Nc1ncc(C(=O)N2CCN(Cc3ccccc3)CC2)cn1. The number of amides is 1. The number of nitrogens with one attached hydrogen (secondary N) is 1. The molecule has 0 bridgehead atoms. The van der Waals surface area contributed by atoms with Crippen LogP contribution in [0.1, 0.15) is 36.2 Å². The first kappa shape index (κ1) is 18.3. The van der Waals surface area contributed by atoms with Crippen molar-refractivity contribution in [2.75, 3.05) is 31.5 Å². The van der Waals surface area contributed by atoms with Gasteiger partial charge < -0.3 is 10.2 Å². The van der Waals surface area contributed by atoms with E-state index in [0.29, 0.717) is 17.6 Å². The average Bonchev–Trinajstić information content (AvgIpc) is 2.69. The van der Waals surface area contributed by atoms with E-state index in [1.54, 1.807) is 12.4 Å². The molecule has 0 aliphatic carbocycles. The normalized spacial score (nSPS) is 16.3. The van der Waals surface area contributed by atoms with Gasteiger partial charge in [-0.3, -0.25) is 9.69 Å². The molecule has 1 saturated heterocycles. The van der Waals surface area contributed by atoms with Gasteiger partial charge in [0.25, 0.3) is 5.91 Å². The molecule has 0 radical (unpaired) electrons. The Morgan fingerprint density at radius 3 is 2.38 bits per heavy atom. The summed E-state index contributed by atoms with van der Waals surface area (Å²) in [4.78, 5) is 25.5. The molecule has 6 nitrogen and oxygen atoms in total. The third-order valence-corrected chi connectivity index (χ3v) is 4.80. The molecular weight excluding hydrogens is 326 g/mol. The minimum absolute atomic E-state index is 0.0134. The molecule has 1 aromatic carbocycles. The van der Waals surface area contributed by atoms with E-state index in [4.69, 9.17) is 0 Å². The number of rotatable bonds is 6. The molecule has 1 aliphatic heterocycles. The van der Waals surface area contributed by atoms with Gasteiger partial charge in [0.1, 0.15) is 0 Å². The molecule has 1 aromatic heterocycles. The highest BCUT2D eigenvalue weighted by atomic mass is 16.2. The van der Waals surface area contributed by atoms with Gasteiger partial charge >= 0.3 is 0 Å². The molecule has 138 valence electrons. The molecule has 1 atom stereocenters. The summed E-state index contributed by atoms with van der Waals surface area (Å²) in [5.41, 5.74) is 1.86. The van der Waals surface area contributed by atoms with Crippen molar-refractivity contribution in [2.45, 2.75) is 32.9 Å². The Labute approximate surface area is 155 Å². The second-order valence-electron chi connectivity index (χ2n) is 6.80. The number of nitrogens with zero attached hydrogens (tertiary/aromatic N) is 4. The van der Waals surface area contributed by atoms with E-state index in [-0.39, 0.29) is 5.91 Å². The van der Waals surface area contributed by atoms with Crippen LogP contribution < -0.4 is 5.32 Å². The number of anilines is 1. The van der Waals surface area contributed by atoms with E-state index in [0.717, 1.165) is 39.1 Å². The molecule has 1 unspecified atom stereocenters. The lowest BCUT2D eigenvalue weighted by Crippen LogP contribution is -2.48. The molecule has 0 spiro atoms. The van der Waals surface area contributed by atoms with Crippen molar-refractivity contribution in [1.29, 1.82) is 0 Å². The average molecular weight is 353 g/mol. The van der Waals surface area contributed by atoms with Gasteiger partial charge in [-0.1, -0.05) is 37.3 Å². The van der Waals surface area contributed by atoms with Crippen LogP contribution in [-0.2, 0) is 6.54 Å². The smallest absolute Gasteiger partial charge is 0.257 e. The van der Waals surface area contributed by atoms with E-state index in [1.165, 1.54) is 5.56 Å². The first-order chi connectivity index (χ1) is 12.7. The maximum atomic E-state index is 12.7. The van der Waals surface area contributed by atoms with Crippen molar-refractivity contribution in [2.24, 2.45) is 0 Å². The molecule has 1 fully saturated rings. The largest absolute Gasteiger partial charge is 0.352 e. The molecule has 1 N–H and O–H groups in total. The van der Waals surface area contributed by atoms with Gasteiger partial charge in [0.2, 0.25) is 5.95 Å².